The smallest absolute Gasteiger partial charge is 0.229 e. The Bertz CT molecular complexity index is 474. The third-order valence-corrected chi connectivity index (χ3v) is 4.92. The first-order chi connectivity index (χ1) is 9.33. The average molecular weight is 276 g/mol. The summed E-state index contributed by atoms with van der Waals surface area (Å²) in [6.07, 6.45) is 10.9. The number of nitrogens with zero attached hydrogens (tertiary/aromatic N) is 2. The van der Waals surface area contributed by atoms with Gasteiger partial charge < -0.3 is 4.90 Å². The van der Waals surface area contributed by atoms with Gasteiger partial charge in [0.15, 0.2) is 0 Å². The second-order valence-electron chi connectivity index (χ2n) is 5.42. The lowest BCUT2D eigenvalue weighted by Crippen LogP contribution is -2.34. The van der Waals surface area contributed by atoms with Crippen LogP contribution in [-0.2, 0) is 11.2 Å². The van der Waals surface area contributed by atoms with Crippen LogP contribution >= 0.6 is 11.3 Å². The maximum absolute atomic E-state index is 12.2. The van der Waals surface area contributed by atoms with Crippen LogP contribution in [0.3, 0.4) is 0 Å². The lowest BCUT2D eigenvalue weighted by molar-refractivity contribution is -0.130. The molecular formula is C15H20N2OS. The zero-order valence-corrected chi connectivity index (χ0v) is 12.0. The maximum Gasteiger partial charge on any atom is 0.229 e. The molecule has 0 unspecified atom stereocenters. The van der Waals surface area contributed by atoms with Gasteiger partial charge in [0.05, 0.1) is 12.1 Å². The van der Waals surface area contributed by atoms with Gasteiger partial charge in [-0.1, -0.05) is 25.0 Å². The van der Waals surface area contributed by atoms with E-state index in [4.69, 9.17) is 0 Å². The van der Waals surface area contributed by atoms with Crippen molar-refractivity contribution in [1.82, 2.24) is 9.88 Å². The van der Waals surface area contributed by atoms with E-state index >= 15 is 0 Å². The van der Waals surface area contributed by atoms with Crippen LogP contribution < -0.4 is 0 Å². The van der Waals surface area contributed by atoms with E-state index in [0.29, 0.717) is 12.3 Å². The number of hydrogen-bond acceptors (Lipinski definition) is 3. The van der Waals surface area contributed by atoms with Gasteiger partial charge in [-0.2, -0.15) is 0 Å². The van der Waals surface area contributed by atoms with E-state index in [1.54, 1.807) is 11.3 Å². The number of amides is 1. The van der Waals surface area contributed by atoms with Gasteiger partial charge in [-0.05, 0) is 19.3 Å². The Morgan fingerprint density at radius 1 is 1.37 bits per heavy atom. The highest BCUT2D eigenvalue weighted by molar-refractivity contribution is 7.09. The number of hydrogen-bond donors (Lipinski definition) is 0. The third kappa shape index (κ3) is 3.06. The normalized spacial score (nSPS) is 20.1. The molecule has 1 aliphatic carbocycles. The average Bonchev–Trinajstić information content (AvgIpc) is 3.10. The zero-order valence-electron chi connectivity index (χ0n) is 11.2. The highest BCUT2D eigenvalue weighted by Crippen LogP contribution is 2.34. The van der Waals surface area contributed by atoms with E-state index in [1.165, 1.54) is 31.4 Å². The van der Waals surface area contributed by atoms with Crippen LogP contribution in [0.4, 0.5) is 0 Å². The Morgan fingerprint density at radius 2 is 2.21 bits per heavy atom. The van der Waals surface area contributed by atoms with Gasteiger partial charge in [0, 0.05) is 24.4 Å². The van der Waals surface area contributed by atoms with Crippen LogP contribution in [0.1, 0.15) is 48.7 Å². The Balaban J connectivity index is 1.60. The summed E-state index contributed by atoms with van der Waals surface area (Å²) in [5, 5.41) is 3.15. The lowest BCUT2D eigenvalue weighted by Gasteiger charge is -2.22. The summed E-state index contributed by atoms with van der Waals surface area (Å²) in [6, 6.07) is 0. The summed E-state index contributed by atoms with van der Waals surface area (Å²) >= 11 is 1.65. The highest BCUT2D eigenvalue weighted by Gasteiger charge is 2.21. The van der Waals surface area contributed by atoms with Crippen molar-refractivity contribution in [2.75, 3.05) is 13.1 Å². The number of carbonyl (C=O) groups is 1. The Labute approximate surface area is 118 Å². The molecule has 0 N–H and O–H groups in total. The summed E-state index contributed by atoms with van der Waals surface area (Å²) in [5.41, 5.74) is 1.23. The zero-order chi connectivity index (χ0) is 13.1. The fourth-order valence-electron chi connectivity index (χ4n) is 2.92. The van der Waals surface area contributed by atoms with Gasteiger partial charge >= 0.3 is 0 Å². The van der Waals surface area contributed by atoms with Crippen LogP contribution in [0, 0.1) is 0 Å². The Kier molecular flexibility index (Phi) is 3.97. The SMILES string of the molecule is O=C(Cc1nc(C2CCCC2)cs1)N1CC=CCC1. The monoisotopic (exact) mass is 276 g/mol. The van der Waals surface area contributed by atoms with E-state index < -0.39 is 0 Å². The third-order valence-electron chi connectivity index (χ3n) is 4.06. The van der Waals surface area contributed by atoms with Gasteiger partial charge in [-0.25, -0.2) is 4.98 Å². The molecule has 1 saturated carbocycles. The molecule has 1 aromatic rings. The summed E-state index contributed by atoms with van der Waals surface area (Å²) in [4.78, 5) is 18.8. The number of aromatic nitrogens is 1. The molecule has 19 heavy (non-hydrogen) atoms. The molecule has 102 valence electrons. The predicted molar refractivity (Wildman–Crippen MR) is 77.4 cm³/mol. The van der Waals surface area contributed by atoms with E-state index in [2.05, 4.69) is 22.5 Å². The summed E-state index contributed by atoms with van der Waals surface area (Å²) < 4.78 is 0. The van der Waals surface area contributed by atoms with E-state index in [0.717, 1.165) is 24.5 Å². The van der Waals surface area contributed by atoms with Crippen molar-refractivity contribution in [2.24, 2.45) is 0 Å². The Morgan fingerprint density at radius 3 is 2.95 bits per heavy atom. The van der Waals surface area contributed by atoms with Gasteiger partial charge in [-0.3, -0.25) is 4.79 Å². The van der Waals surface area contributed by atoms with Gasteiger partial charge in [0.2, 0.25) is 5.91 Å². The molecule has 2 aliphatic rings. The number of rotatable bonds is 3. The minimum Gasteiger partial charge on any atom is -0.338 e. The van der Waals surface area contributed by atoms with E-state index in [1.807, 2.05) is 4.90 Å². The van der Waals surface area contributed by atoms with Crippen molar-refractivity contribution < 1.29 is 4.79 Å². The number of thiazole rings is 1. The topological polar surface area (TPSA) is 33.2 Å². The van der Waals surface area contributed by atoms with Crippen molar-refractivity contribution in [3.05, 3.63) is 28.2 Å². The highest BCUT2D eigenvalue weighted by atomic mass is 32.1. The lowest BCUT2D eigenvalue weighted by atomic mass is 10.1. The molecule has 1 fully saturated rings. The van der Waals surface area contributed by atoms with Crippen molar-refractivity contribution >= 4 is 17.2 Å². The maximum atomic E-state index is 12.2. The van der Waals surface area contributed by atoms with Crippen molar-refractivity contribution in [2.45, 2.75) is 44.4 Å². The van der Waals surface area contributed by atoms with Crippen LogP contribution in [-0.4, -0.2) is 28.9 Å². The summed E-state index contributed by atoms with van der Waals surface area (Å²) in [5.74, 6) is 0.870. The largest absolute Gasteiger partial charge is 0.338 e. The minimum atomic E-state index is 0.219. The molecule has 1 aromatic heterocycles. The molecule has 0 aromatic carbocycles. The molecule has 1 amide bonds. The molecule has 0 spiro atoms. The molecule has 2 heterocycles. The number of carbonyl (C=O) groups excluding carboxylic acids is 1. The second kappa shape index (κ2) is 5.87. The predicted octanol–water partition coefficient (Wildman–Crippen LogP) is 3.13. The summed E-state index contributed by atoms with van der Waals surface area (Å²) in [6.45, 7) is 1.62. The standard InChI is InChI=1S/C15H20N2OS/c18-15(17-8-4-1-5-9-17)10-14-16-13(11-19-14)12-6-2-3-7-12/h1,4,11-12H,2-3,5-10H2. The molecule has 3 nitrogen and oxygen atoms in total. The molecule has 0 atom stereocenters. The molecule has 0 radical (unpaired) electrons. The first-order valence-corrected chi connectivity index (χ1v) is 8.08. The second-order valence-corrected chi connectivity index (χ2v) is 6.37. The van der Waals surface area contributed by atoms with Crippen molar-refractivity contribution in [3.8, 4) is 0 Å². The van der Waals surface area contributed by atoms with Crippen LogP contribution in [0.5, 0.6) is 0 Å². The van der Waals surface area contributed by atoms with Gasteiger partial charge in [0.1, 0.15) is 5.01 Å². The first kappa shape index (κ1) is 12.9. The fourth-order valence-corrected chi connectivity index (χ4v) is 3.79. The minimum absolute atomic E-state index is 0.219. The van der Waals surface area contributed by atoms with Crippen LogP contribution in [0.15, 0.2) is 17.5 Å². The summed E-state index contributed by atoms with van der Waals surface area (Å²) in [7, 11) is 0. The first-order valence-electron chi connectivity index (χ1n) is 7.20. The molecule has 1 aliphatic heterocycles. The molecule has 0 bridgehead atoms. The van der Waals surface area contributed by atoms with Gasteiger partial charge in [-0.15, -0.1) is 11.3 Å². The fraction of sp³-hybridized carbons (Fsp3) is 0.600. The molecular weight excluding hydrogens is 256 g/mol. The quantitative estimate of drug-likeness (QED) is 0.795. The van der Waals surface area contributed by atoms with E-state index in [9.17, 15) is 4.79 Å². The van der Waals surface area contributed by atoms with Crippen molar-refractivity contribution in [1.29, 1.82) is 0 Å². The van der Waals surface area contributed by atoms with Gasteiger partial charge in [0.25, 0.3) is 0 Å². The molecule has 0 saturated heterocycles. The Hall–Kier alpha value is -1.16. The molecule has 3 rings (SSSR count). The van der Waals surface area contributed by atoms with Crippen LogP contribution in [0.2, 0.25) is 0 Å². The van der Waals surface area contributed by atoms with Crippen LogP contribution in [0.25, 0.3) is 0 Å². The van der Waals surface area contributed by atoms with Crippen molar-refractivity contribution in [3.63, 3.8) is 0 Å². The molecule has 4 heteroatoms. The van der Waals surface area contributed by atoms with E-state index in [-0.39, 0.29) is 5.91 Å².